The minimum absolute atomic E-state index is 0.0407. The predicted octanol–water partition coefficient (Wildman–Crippen LogP) is 4.20. The van der Waals surface area contributed by atoms with Gasteiger partial charge in [-0.2, -0.15) is 8.78 Å². The van der Waals surface area contributed by atoms with Crippen LogP contribution in [0.1, 0.15) is 5.56 Å². The van der Waals surface area contributed by atoms with Crippen molar-refractivity contribution in [3.63, 3.8) is 0 Å². The van der Waals surface area contributed by atoms with E-state index in [1.54, 1.807) is 0 Å². The maximum Gasteiger partial charge on any atom is 0.341 e. The van der Waals surface area contributed by atoms with Crippen molar-refractivity contribution in [2.45, 2.75) is 17.2 Å². The molecule has 118 valence electrons. The Morgan fingerprint density at radius 1 is 1.14 bits per heavy atom. The molecule has 0 aliphatic heterocycles. The molecule has 0 heterocycles. The van der Waals surface area contributed by atoms with Crippen LogP contribution in [-0.4, -0.2) is 14.2 Å². The Hall–Kier alpha value is -1.54. The summed E-state index contributed by atoms with van der Waals surface area (Å²) < 4.78 is 62.4. The average Bonchev–Trinajstić information content (AvgIpc) is 2.48. The Labute approximate surface area is 134 Å². The molecular weight excluding hydrogens is 383 g/mol. The van der Waals surface area contributed by atoms with Crippen LogP contribution >= 0.6 is 15.9 Å². The Morgan fingerprint density at radius 2 is 1.82 bits per heavy atom. The molecule has 0 aromatic heterocycles. The lowest BCUT2D eigenvalue weighted by Gasteiger charge is -2.13. The number of halogens is 4. The zero-order valence-electron chi connectivity index (χ0n) is 11.1. The number of alkyl halides is 2. The van der Waals surface area contributed by atoms with Gasteiger partial charge in [0, 0.05) is 11.0 Å². The Balaban J connectivity index is 2.30. The van der Waals surface area contributed by atoms with E-state index in [1.807, 2.05) is 0 Å². The molecule has 0 fully saturated rings. The van der Waals surface area contributed by atoms with Crippen molar-refractivity contribution < 1.29 is 21.6 Å². The highest BCUT2D eigenvalue weighted by Crippen LogP contribution is 2.27. The standard InChI is InChI=1S/C14H11BrF3NO2S/c15-11-6-5-10(16)7-9(11)8-19-12-3-1-2-4-13(12)22(20,21)14(17)18/h1-7,14,19H,8H2. The quantitative estimate of drug-likeness (QED) is 0.827. The van der Waals surface area contributed by atoms with E-state index in [4.69, 9.17) is 0 Å². The number of benzene rings is 2. The van der Waals surface area contributed by atoms with Gasteiger partial charge in [0.05, 0.1) is 10.6 Å². The molecular formula is C14H11BrF3NO2S. The average molecular weight is 394 g/mol. The number of hydrogen-bond acceptors (Lipinski definition) is 3. The normalized spacial score (nSPS) is 11.7. The van der Waals surface area contributed by atoms with Crippen molar-refractivity contribution in [1.29, 1.82) is 0 Å². The maximum absolute atomic E-state index is 13.2. The maximum atomic E-state index is 13.2. The van der Waals surface area contributed by atoms with Gasteiger partial charge in [-0.25, -0.2) is 12.8 Å². The van der Waals surface area contributed by atoms with Crippen LogP contribution in [0.5, 0.6) is 0 Å². The first kappa shape index (κ1) is 16.8. The molecule has 2 aromatic rings. The first-order valence-corrected chi connectivity index (χ1v) is 8.45. The molecule has 8 heteroatoms. The van der Waals surface area contributed by atoms with Gasteiger partial charge in [-0.15, -0.1) is 0 Å². The third kappa shape index (κ3) is 3.61. The lowest BCUT2D eigenvalue weighted by Crippen LogP contribution is -2.14. The van der Waals surface area contributed by atoms with Crippen LogP contribution in [-0.2, 0) is 16.4 Å². The van der Waals surface area contributed by atoms with Crippen LogP contribution in [0.25, 0.3) is 0 Å². The van der Waals surface area contributed by atoms with Crippen molar-refractivity contribution in [3.8, 4) is 0 Å². The van der Waals surface area contributed by atoms with Crippen LogP contribution in [0.4, 0.5) is 18.9 Å². The van der Waals surface area contributed by atoms with Gasteiger partial charge in [0.15, 0.2) is 0 Å². The minimum atomic E-state index is -4.71. The largest absolute Gasteiger partial charge is 0.380 e. The molecule has 0 bridgehead atoms. The number of sulfone groups is 1. The third-order valence-corrected chi connectivity index (χ3v) is 5.12. The van der Waals surface area contributed by atoms with Gasteiger partial charge in [0.2, 0.25) is 9.84 Å². The van der Waals surface area contributed by atoms with Gasteiger partial charge in [0.25, 0.3) is 0 Å². The van der Waals surface area contributed by atoms with Gasteiger partial charge >= 0.3 is 5.76 Å². The van der Waals surface area contributed by atoms with Gasteiger partial charge in [-0.05, 0) is 35.9 Å². The smallest absolute Gasteiger partial charge is 0.341 e. The van der Waals surface area contributed by atoms with E-state index >= 15 is 0 Å². The molecule has 2 rings (SSSR count). The molecule has 0 radical (unpaired) electrons. The monoisotopic (exact) mass is 393 g/mol. The van der Waals surface area contributed by atoms with Crippen molar-refractivity contribution in [3.05, 3.63) is 58.3 Å². The van der Waals surface area contributed by atoms with Gasteiger partial charge < -0.3 is 5.32 Å². The molecule has 0 saturated heterocycles. The van der Waals surface area contributed by atoms with Gasteiger partial charge in [-0.3, -0.25) is 0 Å². The van der Waals surface area contributed by atoms with E-state index in [0.717, 1.165) is 6.07 Å². The minimum Gasteiger partial charge on any atom is -0.380 e. The summed E-state index contributed by atoms with van der Waals surface area (Å²) in [5, 5.41) is 2.75. The first-order valence-electron chi connectivity index (χ1n) is 6.11. The summed E-state index contributed by atoms with van der Waals surface area (Å²) in [5.74, 6) is -3.95. The Bertz CT molecular complexity index is 781. The van der Waals surface area contributed by atoms with Crippen molar-refractivity contribution in [2.75, 3.05) is 5.32 Å². The van der Waals surface area contributed by atoms with E-state index in [2.05, 4.69) is 21.2 Å². The molecule has 3 nitrogen and oxygen atoms in total. The van der Waals surface area contributed by atoms with Crippen LogP contribution in [0.15, 0.2) is 51.8 Å². The molecule has 2 aromatic carbocycles. The molecule has 0 unspecified atom stereocenters. The lowest BCUT2D eigenvalue weighted by atomic mass is 10.2. The summed E-state index contributed by atoms with van der Waals surface area (Å²) in [6.07, 6.45) is 0. The number of nitrogens with one attached hydrogen (secondary N) is 1. The summed E-state index contributed by atoms with van der Waals surface area (Å²) in [6.45, 7) is 0.0775. The lowest BCUT2D eigenvalue weighted by molar-refractivity contribution is 0.235. The van der Waals surface area contributed by atoms with Crippen LogP contribution in [0, 0.1) is 5.82 Å². The summed E-state index contributed by atoms with van der Waals surface area (Å²) >= 11 is 3.24. The summed E-state index contributed by atoms with van der Waals surface area (Å²) in [4.78, 5) is -0.488. The molecule has 22 heavy (non-hydrogen) atoms. The fourth-order valence-corrected chi connectivity index (χ4v) is 3.12. The van der Waals surface area contributed by atoms with Crippen molar-refractivity contribution in [2.24, 2.45) is 0 Å². The summed E-state index contributed by atoms with van der Waals surface area (Å²) in [7, 11) is -4.71. The van der Waals surface area contributed by atoms with E-state index in [9.17, 15) is 21.6 Å². The number of para-hydroxylation sites is 1. The summed E-state index contributed by atoms with van der Waals surface area (Å²) in [6, 6.07) is 9.40. The second kappa shape index (κ2) is 6.70. The zero-order chi connectivity index (χ0) is 16.3. The fraction of sp³-hybridized carbons (Fsp3) is 0.143. The van der Waals surface area contributed by atoms with E-state index in [-0.39, 0.29) is 12.2 Å². The fourth-order valence-electron chi connectivity index (χ4n) is 1.83. The molecule has 0 saturated carbocycles. The third-order valence-electron chi connectivity index (χ3n) is 2.91. The van der Waals surface area contributed by atoms with Crippen LogP contribution < -0.4 is 5.32 Å². The number of hydrogen-bond donors (Lipinski definition) is 1. The molecule has 0 amide bonds. The van der Waals surface area contributed by atoms with E-state index in [1.165, 1.54) is 36.4 Å². The zero-order valence-corrected chi connectivity index (χ0v) is 13.5. The number of rotatable bonds is 5. The molecule has 0 spiro atoms. The molecule has 0 aliphatic carbocycles. The molecule has 0 atom stereocenters. The van der Waals surface area contributed by atoms with E-state index < -0.39 is 26.3 Å². The highest BCUT2D eigenvalue weighted by Gasteiger charge is 2.28. The predicted molar refractivity (Wildman–Crippen MR) is 81.1 cm³/mol. The van der Waals surface area contributed by atoms with Gasteiger partial charge in [-0.1, -0.05) is 28.1 Å². The second-order valence-corrected chi connectivity index (χ2v) is 7.13. The van der Waals surface area contributed by atoms with E-state index in [0.29, 0.717) is 10.0 Å². The first-order chi connectivity index (χ1) is 10.3. The van der Waals surface area contributed by atoms with Gasteiger partial charge in [0.1, 0.15) is 5.82 Å². The Kier molecular flexibility index (Phi) is 5.12. The van der Waals surface area contributed by atoms with Crippen molar-refractivity contribution >= 4 is 31.5 Å². The van der Waals surface area contributed by atoms with Crippen molar-refractivity contribution in [1.82, 2.24) is 0 Å². The highest BCUT2D eigenvalue weighted by molar-refractivity contribution is 9.10. The SMILES string of the molecule is O=S(=O)(c1ccccc1NCc1cc(F)ccc1Br)C(F)F. The molecule has 0 aliphatic rings. The topological polar surface area (TPSA) is 46.2 Å². The summed E-state index contributed by atoms with van der Waals surface area (Å²) in [5.41, 5.74) is 0.572. The van der Waals surface area contributed by atoms with Crippen LogP contribution in [0.2, 0.25) is 0 Å². The number of anilines is 1. The highest BCUT2D eigenvalue weighted by atomic mass is 79.9. The van der Waals surface area contributed by atoms with Crippen LogP contribution in [0.3, 0.4) is 0 Å². The Morgan fingerprint density at radius 3 is 2.50 bits per heavy atom. The second-order valence-electron chi connectivity index (χ2n) is 4.39. The molecule has 1 N–H and O–H groups in total.